The van der Waals surface area contributed by atoms with Crippen molar-refractivity contribution in [3.63, 3.8) is 0 Å². The monoisotopic (exact) mass is 839 g/mol. The summed E-state index contributed by atoms with van der Waals surface area (Å²) in [6.07, 6.45) is 8.46. The highest BCUT2D eigenvalue weighted by Gasteiger charge is 2.46. The van der Waals surface area contributed by atoms with Crippen LogP contribution in [0.15, 0.2) is 42.9 Å². The highest BCUT2D eigenvalue weighted by Crippen LogP contribution is 2.37. The number of nitrogens with zero attached hydrogens (tertiary/aromatic N) is 8. The standard InChI is InChI=1S/C42H47F2N11O6/c43-37(44)36-31(47-39(57)29-18-46-53-15-12-33(48-38(29)53)52-20-27-16-26(52)22-61-27)21-54(50-36)25-6-4-24(5-7-25)19-51-13-10-23(11-14-51)17-45-30-3-1-2-28-35(30)42(60)55(41(28)59)32-8-9-34(56)49-40(32)58/h1-3,12,15,18,21,23-27,32,37,45H,4-11,13-14,16-17,19-20,22H2,(H,47,57)(H,49,56,58)/t24?,25?,26?,27-,32?/m1/s1. The van der Waals surface area contributed by atoms with Crippen LogP contribution in [-0.2, 0) is 14.3 Å². The molecule has 1 saturated carbocycles. The molecule has 5 fully saturated rings. The number of rotatable bonds is 11. The zero-order chi connectivity index (χ0) is 41.9. The van der Waals surface area contributed by atoms with E-state index in [0.29, 0.717) is 36.3 Å². The molecule has 3 aromatic heterocycles. The van der Waals surface area contributed by atoms with Gasteiger partial charge in [-0.05, 0) is 94.5 Å². The summed E-state index contributed by atoms with van der Waals surface area (Å²) >= 11 is 0. The number of carbonyl (C=O) groups is 5. The topological polar surface area (TPSA) is 188 Å². The Morgan fingerprint density at radius 2 is 1.77 bits per heavy atom. The number of ether oxygens (including phenoxy) is 1. The van der Waals surface area contributed by atoms with E-state index >= 15 is 0 Å². The van der Waals surface area contributed by atoms with Gasteiger partial charge in [0.25, 0.3) is 24.1 Å². The lowest BCUT2D eigenvalue weighted by atomic mass is 9.85. The van der Waals surface area contributed by atoms with E-state index in [9.17, 15) is 32.8 Å². The van der Waals surface area contributed by atoms with Crippen molar-refractivity contribution >= 4 is 52.4 Å². The molecule has 3 atom stereocenters. The van der Waals surface area contributed by atoms with Gasteiger partial charge in [-0.25, -0.2) is 18.3 Å². The SMILES string of the molecule is O=C1CCC(N2C(=O)c3cccc(NCC4CCN(CC5CCC(n6cc(NC(=O)c7cnn8ccc(N9C[C@H]%10CC9CO%10)nc78)c(C(F)F)n6)CC5)CC4)c3C2=O)C(=O)N1. The maximum atomic E-state index is 14.3. The van der Waals surface area contributed by atoms with Crippen molar-refractivity contribution in [2.24, 2.45) is 11.8 Å². The number of alkyl halides is 2. The molecule has 2 bridgehead atoms. The zero-order valence-corrected chi connectivity index (χ0v) is 33.5. The van der Waals surface area contributed by atoms with Crippen LogP contribution >= 0.6 is 0 Å². The van der Waals surface area contributed by atoms with Gasteiger partial charge in [0, 0.05) is 44.1 Å². The Kier molecular flexibility index (Phi) is 10.2. The molecule has 0 radical (unpaired) electrons. The first-order valence-electron chi connectivity index (χ1n) is 21.3. The molecule has 320 valence electrons. The summed E-state index contributed by atoms with van der Waals surface area (Å²) in [5, 5.41) is 16.9. The lowest BCUT2D eigenvalue weighted by Crippen LogP contribution is -2.54. The normalized spacial score (nSPS) is 25.9. The number of anilines is 3. The molecule has 61 heavy (non-hydrogen) atoms. The number of fused-ring (bicyclic) bond motifs is 4. The fraction of sp³-hybridized carbons (Fsp3) is 0.524. The van der Waals surface area contributed by atoms with Crippen LogP contribution < -0.4 is 20.9 Å². The van der Waals surface area contributed by atoms with E-state index < -0.39 is 47.7 Å². The summed E-state index contributed by atoms with van der Waals surface area (Å²) in [5.41, 5.74) is 1.14. The molecule has 19 heteroatoms. The number of nitrogens with one attached hydrogen (secondary N) is 3. The number of piperidine rings is 2. The molecule has 10 rings (SSSR count). The van der Waals surface area contributed by atoms with Crippen molar-refractivity contribution < 1.29 is 37.5 Å². The smallest absolute Gasteiger partial charge is 0.284 e. The van der Waals surface area contributed by atoms with E-state index in [0.717, 1.165) is 81.8 Å². The summed E-state index contributed by atoms with van der Waals surface area (Å²) < 4.78 is 37.4. The molecule has 17 nitrogen and oxygen atoms in total. The van der Waals surface area contributed by atoms with Crippen LogP contribution in [0, 0.1) is 11.8 Å². The van der Waals surface area contributed by atoms with Crippen LogP contribution in [0.4, 0.5) is 26.0 Å². The van der Waals surface area contributed by atoms with E-state index in [4.69, 9.17) is 9.72 Å². The van der Waals surface area contributed by atoms with Gasteiger partial charge in [0.1, 0.15) is 17.4 Å². The number of halogens is 2. The van der Waals surface area contributed by atoms with E-state index in [1.807, 2.05) is 6.07 Å². The number of benzene rings is 1. The molecule has 4 aromatic rings. The number of hydrogen-bond donors (Lipinski definition) is 3. The first kappa shape index (κ1) is 39.3. The van der Waals surface area contributed by atoms with E-state index in [2.05, 4.69) is 35.9 Å². The first-order valence-corrected chi connectivity index (χ1v) is 21.3. The second-order valence-corrected chi connectivity index (χ2v) is 17.2. The van der Waals surface area contributed by atoms with Gasteiger partial charge >= 0.3 is 0 Å². The number of imide groups is 2. The van der Waals surface area contributed by atoms with Gasteiger partial charge in [0.2, 0.25) is 11.8 Å². The minimum absolute atomic E-state index is 0.0186. The van der Waals surface area contributed by atoms with Crippen LogP contribution in [0.1, 0.15) is 107 Å². The summed E-state index contributed by atoms with van der Waals surface area (Å²) in [5.74, 6) is -1.12. The Morgan fingerprint density at radius 1 is 0.951 bits per heavy atom. The van der Waals surface area contributed by atoms with E-state index in [-0.39, 0.29) is 53.4 Å². The summed E-state index contributed by atoms with van der Waals surface area (Å²) in [6, 6.07) is 6.12. The third kappa shape index (κ3) is 7.40. The van der Waals surface area contributed by atoms with Crippen molar-refractivity contribution in [3.05, 3.63) is 65.2 Å². The maximum absolute atomic E-state index is 14.3. The minimum atomic E-state index is -2.87. The van der Waals surface area contributed by atoms with Crippen molar-refractivity contribution in [1.82, 2.24) is 39.5 Å². The number of amides is 5. The number of aromatic nitrogens is 5. The molecular weight excluding hydrogens is 793 g/mol. The molecule has 5 amide bonds. The molecule has 1 aliphatic carbocycles. The lowest BCUT2D eigenvalue weighted by Gasteiger charge is -2.36. The average molecular weight is 840 g/mol. The zero-order valence-electron chi connectivity index (χ0n) is 33.5. The predicted octanol–water partition coefficient (Wildman–Crippen LogP) is 4.05. The summed E-state index contributed by atoms with van der Waals surface area (Å²) in [6.45, 7) is 4.81. The molecule has 3 N–H and O–H groups in total. The Bertz CT molecular complexity index is 2400. The fourth-order valence-corrected chi connectivity index (χ4v) is 10.1. The Balaban J connectivity index is 0.706. The van der Waals surface area contributed by atoms with Crippen molar-refractivity contribution in [2.45, 2.75) is 88.4 Å². The number of likely N-dealkylation sites (tertiary alicyclic amines) is 1. The maximum Gasteiger partial charge on any atom is 0.284 e. The number of morpholine rings is 1. The van der Waals surface area contributed by atoms with Crippen LogP contribution in [-0.4, -0.2) is 121 Å². The lowest BCUT2D eigenvalue weighted by molar-refractivity contribution is -0.136. The van der Waals surface area contributed by atoms with Crippen molar-refractivity contribution in [2.75, 3.05) is 54.9 Å². The van der Waals surface area contributed by atoms with E-state index in [1.165, 1.54) is 16.9 Å². The Hall–Kier alpha value is -5.82. The van der Waals surface area contributed by atoms with Gasteiger partial charge in [-0.2, -0.15) is 10.2 Å². The molecule has 6 aliphatic rings. The van der Waals surface area contributed by atoms with Gasteiger partial charge in [-0.1, -0.05) is 6.07 Å². The van der Waals surface area contributed by atoms with Crippen molar-refractivity contribution in [1.29, 1.82) is 0 Å². The predicted molar refractivity (Wildman–Crippen MR) is 215 cm³/mol. The fourth-order valence-electron chi connectivity index (χ4n) is 10.1. The third-order valence-electron chi connectivity index (χ3n) is 13.5. The van der Waals surface area contributed by atoms with Gasteiger partial charge in [-0.15, -0.1) is 0 Å². The molecule has 2 unspecified atom stereocenters. The number of hydrogen-bond acceptors (Lipinski definition) is 12. The molecule has 8 heterocycles. The van der Waals surface area contributed by atoms with Gasteiger partial charge < -0.3 is 25.2 Å². The minimum Gasteiger partial charge on any atom is -0.384 e. The molecule has 4 saturated heterocycles. The van der Waals surface area contributed by atoms with Crippen LogP contribution in [0.2, 0.25) is 0 Å². The molecule has 0 spiro atoms. The quantitative estimate of drug-likeness (QED) is 0.184. The highest BCUT2D eigenvalue weighted by atomic mass is 19.3. The second-order valence-electron chi connectivity index (χ2n) is 17.2. The van der Waals surface area contributed by atoms with Gasteiger partial charge in [0.15, 0.2) is 11.3 Å². The molecule has 5 aliphatic heterocycles. The number of carbonyl (C=O) groups excluding carboxylic acids is 5. The summed E-state index contributed by atoms with van der Waals surface area (Å²) in [4.78, 5) is 74.8. The van der Waals surface area contributed by atoms with Crippen LogP contribution in [0.25, 0.3) is 5.65 Å². The van der Waals surface area contributed by atoms with Gasteiger partial charge in [-0.3, -0.25) is 38.9 Å². The van der Waals surface area contributed by atoms with E-state index in [1.54, 1.807) is 29.1 Å². The largest absolute Gasteiger partial charge is 0.384 e. The Labute approximate surface area is 349 Å². The Morgan fingerprint density at radius 3 is 2.51 bits per heavy atom. The summed E-state index contributed by atoms with van der Waals surface area (Å²) in [7, 11) is 0. The van der Waals surface area contributed by atoms with Crippen LogP contribution in [0.3, 0.4) is 0 Å². The molecule has 1 aromatic carbocycles. The first-order chi connectivity index (χ1) is 29.6. The molecular formula is C42H47F2N11O6. The van der Waals surface area contributed by atoms with Crippen LogP contribution in [0.5, 0.6) is 0 Å². The van der Waals surface area contributed by atoms with Crippen molar-refractivity contribution in [3.8, 4) is 0 Å². The highest BCUT2D eigenvalue weighted by molar-refractivity contribution is 6.25. The third-order valence-corrected chi connectivity index (χ3v) is 13.5. The second kappa shape index (κ2) is 15.9. The van der Waals surface area contributed by atoms with Gasteiger partial charge in [0.05, 0.1) is 47.8 Å². The average Bonchev–Trinajstić information content (AvgIpc) is 4.11.